The Hall–Kier alpha value is -1.31. The molecule has 0 radical (unpaired) electrons. The van der Waals surface area contributed by atoms with Gasteiger partial charge in [-0.05, 0) is 25.0 Å². The first-order valence-electron chi connectivity index (χ1n) is 4.87. The van der Waals surface area contributed by atoms with Crippen LogP contribution in [0, 0.1) is 12.8 Å². The highest BCUT2D eigenvalue weighted by molar-refractivity contribution is 5.50. The lowest BCUT2D eigenvalue weighted by molar-refractivity contribution is 0.738. The van der Waals surface area contributed by atoms with Gasteiger partial charge >= 0.3 is 0 Å². The van der Waals surface area contributed by atoms with Crippen LogP contribution in [-0.4, -0.2) is 12.0 Å². The van der Waals surface area contributed by atoms with Gasteiger partial charge in [0.05, 0.1) is 0 Å². The second kappa shape index (κ2) is 4.27. The molecule has 0 fully saturated rings. The number of pyridine rings is 1. The Bertz CT molecular complexity index is 329. The van der Waals surface area contributed by atoms with Gasteiger partial charge in [-0.2, -0.15) is 0 Å². The molecule has 0 aliphatic rings. The van der Waals surface area contributed by atoms with E-state index in [1.807, 2.05) is 26.2 Å². The van der Waals surface area contributed by atoms with Crippen molar-refractivity contribution in [2.24, 2.45) is 5.92 Å². The van der Waals surface area contributed by atoms with Gasteiger partial charge in [0.25, 0.3) is 0 Å². The minimum absolute atomic E-state index is 0.466. The van der Waals surface area contributed by atoms with Crippen LogP contribution in [0.5, 0.6) is 0 Å². The molecule has 0 atom stereocenters. The van der Waals surface area contributed by atoms with Gasteiger partial charge in [-0.15, -0.1) is 0 Å². The van der Waals surface area contributed by atoms with Crippen LogP contribution in [0.4, 0.5) is 5.69 Å². The summed E-state index contributed by atoms with van der Waals surface area (Å²) in [7, 11) is 2.04. The van der Waals surface area contributed by atoms with Crippen LogP contribution in [0.3, 0.4) is 0 Å². The molecule has 76 valence electrons. The maximum atomic E-state index is 4.17. The highest BCUT2D eigenvalue weighted by Crippen LogP contribution is 2.20. The Kier molecular flexibility index (Phi) is 3.28. The molecule has 0 amide bonds. The molecule has 2 nitrogen and oxygen atoms in total. The Morgan fingerprint density at radius 1 is 1.50 bits per heavy atom. The summed E-state index contributed by atoms with van der Waals surface area (Å²) >= 11 is 0. The van der Waals surface area contributed by atoms with Crippen molar-refractivity contribution in [3.05, 3.63) is 36.3 Å². The molecular formula is C12H18N2. The van der Waals surface area contributed by atoms with E-state index in [-0.39, 0.29) is 0 Å². The van der Waals surface area contributed by atoms with Gasteiger partial charge in [0.15, 0.2) is 0 Å². The molecular weight excluding hydrogens is 172 g/mol. The SMILES string of the molecule is C=C(C(C)C)N(C)c1ccnc(C)c1. The van der Waals surface area contributed by atoms with Crippen LogP contribution in [0.2, 0.25) is 0 Å². The third-order valence-corrected chi connectivity index (χ3v) is 2.36. The summed E-state index contributed by atoms with van der Waals surface area (Å²) < 4.78 is 0. The highest BCUT2D eigenvalue weighted by atomic mass is 15.1. The lowest BCUT2D eigenvalue weighted by Gasteiger charge is -2.24. The molecule has 0 aliphatic heterocycles. The predicted octanol–water partition coefficient (Wildman–Crippen LogP) is 3.00. The smallest absolute Gasteiger partial charge is 0.0439 e. The predicted molar refractivity (Wildman–Crippen MR) is 61.4 cm³/mol. The maximum Gasteiger partial charge on any atom is 0.0439 e. The molecule has 0 spiro atoms. The number of hydrogen-bond acceptors (Lipinski definition) is 2. The van der Waals surface area contributed by atoms with Crippen molar-refractivity contribution in [2.75, 3.05) is 11.9 Å². The van der Waals surface area contributed by atoms with Crippen LogP contribution < -0.4 is 4.90 Å². The second-order valence-electron chi connectivity index (χ2n) is 3.86. The Labute approximate surface area is 86.3 Å². The van der Waals surface area contributed by atoms with Crippen molar-refractivity contribution in [3.8, 4) is 0 Å². The average Bonchev–Trinajstić information content (AvgIpc) is 2.15. The summed E-state index contributed by atoms with van der Waals surface area (Å²) in [5.41, 5.74) is 3.30. The fraction of sp³-hybridized carbons (Fsp3) is 0.417. The van der Waals surface area contributed by atoms with E-state index in [2.05, 4.69) is 36.4 Å². The summed E-state index contributed by atoms with van der Waals surface area (Å²) in [5.74, 6) is 0.466. The number of hydrogen-bond donors (Lipinski definition) is 0. The Balaban J connectivity index is 2.89. The number of rotatable bonds is 3. The molecule has 0 unspecified atom stereocenters. The molecule has 0 N–H and O–H groups in total. The van der Waals surface area contributed by atoms with Crippen molar-refractivity contribution in [1.82, 2.24) is 4.98 Å². The van der Waals surface area contributed by atoms with E-state index < -0.39 is 0 Å². The van der Waals surface area contributed by atoms with E-state index in [0.29, 0.717) is 5.92 Å². The lowest BCUT2D eigenvalue weighted by atomic mass is 10.1. The first-order chi connectivity index (χ1) is 6.52. The van der Waals surface area contributed by atoms with Gasteiger partial charge in [0.1, 0.15) is 0 Å². The van der Waals surface area contributed by atoms with E-state index in [1.54, 1.807) is 0 Å². The summed E-state index contributed by atoms with van der Waals surface area (Å²) in [6.07, 6.45) is 1.83. The molecule has 2 heteroatoms. The topological polar surface area (TPSA) is 16.1 Å². The van der Waals surface area contributed by atoms with E-state index in [9.17, 15) is 0 Å². The molecule has 0 aromatic carbocycles. The first-order valence-corrected chi connectivity index (χ1v) is 4.87. The number of allylic oxidation sites excluding steroid dienone is 1. The molecule has 14 heavy (non-hydrogen) atoms. The van der Waals surface area contributed by atoms with Crippen LogP contribution in [-0.2, 0) is 0 Å². The van der Waals surface area contributed by atoms with Gasteiger partial charge in [-0.1, -0.05) is 20.4 Å². The minimum atomic E-state index is 0.466. The molecule has 0 aliphatic carbocycles. The summed E-state index contributed by atoms with van der Waals surface area (Å²) in [6, 6.07) is 4.06. The fourth-order valence-electron chi connectivity index (χ4n) is 1.29. The molecule has 1 rings (SSSR count). The second-order valence-corrected chi connectivity index (χ2v) is 3.86. The zero-order valence-corrected chi connectivity index (χ0v) is 9.41. The molecule has 0 saturated carbocycles. The van der Waals surface area contributed by atoms with Gasteiger partial charge in [-0.3, -0.25) is 4.98 Å². The number of aryl methyl sites for hydroxylation is 1. The van der Waals surface area contributed by atoms with E-state index in [4.69, 9.17) is 0 Å². The number of anilines is 1. The zero-order chi connectivity index (χ0) is 10.7. The monoisotopic (exact) mass is 190 g/mol. The summed E-state index contributed by atoms with van der Waals surface area (Å²) in [4.78, 5) is 6.28. The fourth-order valence-corrected chi connectivity index (χ4v) is 1.29. The van der Waals surface area contributed by atoms with Crippen LogP contribution >= 0.6 is 0 Å². The largest absolute Gasteiger partial charge is 0.348 e. The third-order valence-electron chi connectivity index (χ3n) is 2.36. The molecule has 0 saturated heterocycles. The van der Waals surface area contributed by atoms with Gasteiger partial charge < -0.3 is 4.90 Å². The summed E-state index contributed by atoms with van der Waals surface area (Å²) in [6.45, 7) is 10.4. The van der Waals surface area contributed by atoms with Crippen LogP contribution in [0.1, 0.15) is 19.5 Å². The van der Waals surface area contributed by atoms with Crippen molar-refractivity contribution >= 4 is 5.69 Å². The highest BCUT2D eigenvalue weighted by Gasteiger charge is 2.08. The van der Waals surface area contributed by atoms with Crippen molar-refractivity contribution in [1.29, 1.82) is 0 Å². The Morgan fingerprint density at radius 3 is 2.64 bits per heavy atom. The standard InChI is InChI=1S/C12H18N2/c1-9(2)11(4)14(5)12-6-7-13-10(3)8-12/h6-9H,4H2,1-3,5H3. The van der Waals surface area contributed by atoms with Crippen LogP contribution in [0.25, 0.3) is 0 Å². The lowest BCUT2D eigenvalue weighted by Crippen LogP contribution is -2.19. The minimum Gasteiger partial charge on any atom is -0.348 e. The molecule has 1 heterocycles. The molecule has 0 bridgehead atoms. The first kappa shape index (κ1) is 10.8. The van der Waals surface area contributed by atoms with E-state index in [0.717, 1.165) is 17.1 Å². The number of aromatic nitrogens is 1. The quantitative estimate of drug-likeness (QED) is 0.728. The maximum absolute atomic E-state index is 4.17. The molecule has 1 aromatic rings. The van der Waals surface area contributed by atoms with E-state index in [1.165, 1.54) is 0 Å². The van der Waals surface area contributed by atoms with Crippen molar-refractivity contribution < 1.29 is 0 Å². The van der Waals surface area contributed by atoms with Gasteiger partial charge in [0, 0.05) is 30.3 Å². The third kappa shape index (κ3) is 2.34. The summed E-state index contributed by atoms with van der Waals surface area (Å²) in [5, 5.41) is 0. The normalized spacial score (nSPS) is 10.4. The van der Waals surface area contributed by atoms with Gasteiger partial charge in [0.2, 0.25) is 0 Å². The van der Waals surface area contributed by atoms with Crippen LogP contribution in [0.15, 0.2) is 30.6 Å². The number of nitrogens with zero attached hydrogens (tertiary/aromatic N) is 2. The van der Waals surface area contributed by atoms with Crippen molar-refractivity contribution in [2.45, 2.75) is 20.8 Å². The Morgan fingerprint density at radius 2 is 2.14 bits per heavy atom. The van der Waals surface area contributed by atoms with Crippen molar-refractivity contribution in [3.63, 3.8) is 0 Å². The van der Waals surface area contributed by atoms with E-state index >= 15 is 0 Å². The molecule has 1 aromatic heterocycles. The van der Waals surface area contributed by atoms with Gasteiger partial charge in [-0.25, -0.2) is 0 Å². The average molecular weight is 190 g/mol. The zero-order valence-electron chi connectivity index (χ0n) is 9.41.